The molecule has 0 aromatic heterocycles. The first-order valence-electron chi connectivity index (χ1n) is 14.8. The molecule has 37 heavy (non-hydrogen) atoms. The molecule has 3 saturated carbocycles. The molecule has 208 valence electrons. The van der Waals surface area contributed by atoms with Crippen LogP contribution in [0.15, 0.2) is 24.3 Å². The summed E-state index contributed by atoms with van der Waals surface area (Å²) >= 11 is 0. The molecule has 4 rings (SSSR count). The van der Waals surface area contributed by atoms with E-state index in [-0.39, 0.29) is 17.8 Å². The Hall–Kier alpha value is -1.56. The Bertz CT molecular complexity index is 808. The summed E-state index contributed by atoms with van der Waals surface area (Å²) in [5.41, 5.74) is 0.383. The molecule has 3 unspecified atom stereocenters. The average molecular weight is 522 g/mol. The molecular formula is C31H46F3NO2. The number of carbonyl (C=O) groups is 1. The molecule has 3 fully saturated rings. The number of esters is 1. The zero-order valence-electron chi connectivity index (χ0n) is 22.6. The molecule has 0 radical (unpaired) electrons. The van der Waals surface area contributed by atoms with Crippen LogP contribution in [0.1, 0.15) is 113 Å². The summed E-state index contributed by atoms with van der Waals surface area (Å²) in [6.45, 7) is 2.31. The van der Waals surface area contributed by atoms with Crippen LogP contribution in [0.25, 0.3) is 0 Å². The first-order valence-corrected chi connectivity index (χ1v) is 14.8. The molecule has 3 aliphatic carbocycles. The van der Waals surface area contributed by atoms with Crippen LogP contribution in [0.4, 0.5) is 13.2 Å². The first kappa shape index (κ1) is 28.4. The maximum atomic E-state index is 13.2. The van der Waals surface area contributed by atoms with E-state index in [1.807, 2.05) is 0 Å². The van der Waals surface area contributed by atoms with Crippen molar-refractivity contribution in [1.82, 2.24) is 4.90 Å². The van der Waals surface area contributed by atoms with E-state index in [9.17, 15) is 18.0 Å². The van der Waals surface area contributed by atoms with Gasteiger partial charge in [0.1, 0.15) is 0 Å². The molecule has 6 heteroatoms. The molecule has 3 atom stereocenters. The standard InChI is InChI=1S/C31H46F3NO2/c1-37-30(36)19-25-12-17-29(20-27(18-25)26-13-15-28(16-14-26)31(32,33)34)35(21-23-8-4-2-5-9-23)22-24-10-6-3-7-11-24/h13-16,23-25,27,29H,2-12,17-22H2,1H3. The van der Waals surface area contributed by atoms with Crippen molar-refractivity contribution < 1.29 is 22.7 Å². The summed E-state index contributed by atoms with van der Waals surface area (Å²) < 4.78 is 44.7. The van der Waals surface area contributed by atoms with Crippen molar-refractivity contribution in [2.24, 2.45) is 17.8 Å². The fourth-order valence-electron chi connectivity index (χ4n) is 7.32. The van der Waals surface area contributed by atoms with Gasteiger partial charge in [-0.2, -0.15) is 13.2 Å². The Morgan fingerprint density at radius 1 is 0.811 bits per heavy atom. The number of nitrogens with zero attached hydrogens (tertiary/aromatic N) is 1. The minimum atomic E-state index is -4.32. The normalized spacial score (nSPS) is 26.7. The largest absolute Gasteiger partial charge is 0.469 e. The van der Waals surface area contributed by atoms with Gasteiger partial charge in [0.25, 0.3) is 0 Å². The van der Waals surface area contributed by atoms with Crippen molar-refractivity contribution in [2.75, 3.05) is 20.2 Å². The minimum absolute atomic E-state index is 0.157. The molecule has 0 amide bonds. The van der Waals surface area contributed by atoms with Gasteiger partial charge in [0, 0.05) is 25.6 Å². The predicted octanol–water partition coefficient (Wildman–Crippen LogP) is 8.37. The van der Waals surface area contributed by atoms with E-state index >= 15 is 0 Å². The third-order valence-electron chi connectivity index (χ3n) is 9.43. The summed E-state index contributed by atoms with van der Waals surface area (Å²) in [7, 11) is 1.44. The molecule has 3 aliphatic rings. The van der Waals surface area contributed by atoms with E-state index in [1.54, 1.807) is 12.1 Å². The van der Waals surface area contributed by atoms with Gasteiger partial charge in [-0.1, -0.05) is 50.7 Å². The number of alkyl halides is 3. The highest BCUT2D eigenvalue weighted by Crippen LogP contribution is 2.40. The van der Waals surface area contributed by atoms with Crippen molar-refractivity contribution in [2.45, 2.75) is 114 Å². The predicted molar refractivity (Wildman–Crippen MR) is 141 cm³/mol. The van der Waals surface area contributed by atoms with Crippen molar-refractivity contribution in [3.63, 3.8) is 0 Å². The maximum absolute atomic E-state index is 13.2. The molecule has 0 saturated heterocycles. The maximum Gasteiger partial charge on any atom is 0.416 e. The third kappa shape index (κ3) is 8.46. The van der Waals surface area contributed by atoms with E-state index in [0.717, 1.165) is 56.2 Å². The highest BCUT2D eigenvalue weighted by molar-refractivity contribution is 5.69. The highest BCUT2D eigenvalue weighted by Gasteiger charge is 2.34. The second-order valence-electron chi connectivity index (χ2n) is 12.1. The van der Waals surface area contributed by atoms with E-state index in [2.05, 4.69) is 4.90 Å². The summed E-state index contributed by atoms with van der Waals surface area (Å²) in [6.07, 6.45) is 13.2. The number of carbonyl (C=O) groups excluding carboxylic acids is 1. The first-order chi connectivity index (χ1) is 17.8. The van der Waals surface area contributed by atoms with Crippen LogP contribution >= 0.6 is 0 Å². The van der Waals surface area contributed by atoms with Gasteiger partial charge in [0.15, 0.2) is 0 Å². The molecule has 0 bridgehead atoms. The molecule has 1 aromatic rings. The SMILES string of the molecule is COC(=O)CC1CCC(N(CC2CCCCC2)CC2CCCCC2)CC(c2ccc(C(F)(F)F)cc2)C1. The Labute approximate surface area is 221 Å². The van der Waals surface area contributed by atoms with Crippen molar-refractivity contribution in [3.8, 4) is 0 Å². The summed E-state index contributed by atoms with van der Waals surface area (Å²) in [5, 5.41) is 0. The van der Waals surface area contributed by atoms with E-state index in [1.165, 1.54) is 83.5 Å². The summed E-state index contributed by atoms with van der Waals surface area (Å²) in [6, 6.07) is 6.23. The van der Waals surface area contributed by atoms with Crippen molar-refractivity contribution in [3.05, 3.63) is 35.4 Å². The third-order valence-corrected chi connectivity index (χ3v) is 9.43. The van der Waals surface area contributed by atoms with E-state index in [4.69, 9.17) is 4.74 Å². The fourth-order valence-corrected chi connectivity index (χ4v) is 7.32. The molecule has 0 heterocycles. The van der Waals surface area contributed by atoms with E-state index in [0.29, 0.717) is 12.5 Å². The molecule has 3 nitrogen and oxygen atoms in total. The second kappa shape index (κ2) is 13.5. The van der Waals surface area contributed by atoms with Gasteiger partial charge in [-0.05, 0) is 92.7 Å². The molecule has 0 spiro atoms. The minimum Gasteiger partial charge on any atom is -0.469 e. The Kier molecular flexibility index (Phi) is 10.4. The zero-order chi connectivity index (χ0) is 26.3. The van der Waals surface area contributed by atoms with Crippen LogP contribution in [0.3, 0.4) is 0 Å². The lowest BCUT2D eigenvalue weighted by atomic mass is 9.84. The van der Waals surface area contributed by atoms with Gasteiger partial charge >= 0.3 is 12.1 Å². The van der Waals surface area contributed by atoms with Gasteiger partial charge in [0.2, 0.25) is 0 Å². The van der Waals surface area contributed by atoms with Gasteiger partial charge in [0.05, 0.1) is 12.7 Å². The van der Waals surface area contributed by atoms with Gasteiger partial charge < -0.3 is 4.74 Å². The fraction of sp³-hybridized carbons (Fsp3) is 0.774. The van der Waals surface area contributed by atoms with Gasteiger partial charge in [-0.3, -0.25) is 9.69 Å². The molecule has 0 aliphatic heterocycles. The number of methoxy groups -OCH3 is 1. The van der Waals surface area contributed by atoms with Gasteiger partial charge in [-0.25, -0.2) is 0 Å². The Balaban J connectivity index is 1.55. The van der Waals surface area contributed by atoms with Crippen molar-refractivity contribution in [1.29, 1.82) is 0 Å². The zero-order valence-corrected chi connectivity index (χ0v) is 22.6. The van der Waals surface area contributed by atoms with Gasteiger partial charge in [-0.15, -0.1) is 0 Å². The van der Waals surface area contributed by atoms with Crippen LogP contribution in [-0.2, 0) is 15.7 Å². The van der Waals surface area contributed by atoms with Crippen LogP contribution in [0, 0.1) is 17.8 Å². The number of halogens is 3. The number of hydrogen-bond acceptors (Lipinski definition) is 3. The highest BCUT2D eigenvalue weighted by atomic mass is 19.4. The topological polar surface area (TPSA) is 29.5 Å². The molecule has 1 aromatic carbocycles. The Morgan fingerprint density at radius 3 is 1.89 bits per heavy atom. The van der Waals surface area contributed by atoms with Crippen LogP contribution in [0.2, 0.25) is 0 Å². The summed E-state index contributed by atoms with van der Waals surface area (Å²) in [5.74, 6) is 1.70. The number of ether oxygens (including phenoxy) is 1. The van der Waals surface area contributed by atoms with Crippen LogP contribution in [-0.4, -0.2) is 37.1 Å². The molecule has 0 N–H and O–H groups in total. The lowest BCUT2D eigenvalue weighted by Gasteiger charge is -2.39. The van der Waals surface area contributed by atoms with Crippen LogP contribution < -0.4 is 0 Å². The van der Waals surface area contributed by atoms with E-state index < -0.39 is 11.7 Å². The average Bonchev–Trinajstić information content (AvgIpc) is 3.12. The quantitative estimate of drug-likeness (QED) is 0.254. The number of benzene rings is 1. The Morgan fingerprint density at radius 2 is 1.38 bits per heavy atom. The lowest BCUT2D eigenvalue weighted by Crippen LogP contribution is -2.43. The lowest BCUT2D eigenvalue weighted by molar-refractivity contribution is -0.142. The summed E-state index contributed by atoms with van der Waals surface area (Å²) in [4.78, 5) is 15.0. The second-order valence-corrected chi connectivity index (χ2v) is 12.1. The number of hydrogen-bond donors (Lipinski definition) is 0. The number of rotatable bonds is 8. The van der Waals surface area contributed by atoms with Crippen molar-refractivity contribution >= 4 is 5.97 Å². The smallest absolute Gasteiger partial charge is 0.416 e. The van der Waals surface area contributed by atoms with Crippen LogP contribution in [0.5, 0.6) is 0 Å². The molecular weight excluding hydrogens is 475 g/mol. The monoisotopic (exact) mass is 521 g/mol.